The first-order valence-electron chi connectivity index (χ1n) is 10.9. The van der Waals surface area contributed by atoms with Gasteiger partial charge >= 0.3 is 0 Å². The number of fused-ring (bicyclic) bond motifs is 1. The molecule has 7 nitrogen and oxygen atoms in total. The summed E-state index contributed by atoms with van der Waals surface area (Å²) in [4.78, 5) is 41.0. The largest absolute Gasteiger partial charge is 0.322 e. The highest BCUT2D eigenvalue weighted by Gasteiger charge is 2.40. The summed E-state index contributed by atoms with van der Waals surface area (Å²) in [5.74, 6) is -0.756. The molecule has 3 amide bonds. The SMILES string of the molecule is O=C1CCC(N2Cc3c(CN4CCNC[C@@H]4c4ccccc4)cccc3C2=O)C(=O)N1. The van der Waals surface area contributed by atoms with E-state index in [1.807, 2.05) is 18.2 Å². The summed E-state index contributed by atoms with van der Waals surface area (Å²) in [5, 5.41) is 5.86. The van der Waals surface area contributed by atoms with E-state index in [1.54, 1.807) is 4.90 Å². The van der Waals surface area contributed by atoms with E-state index in [2.05, 4.69) is 45.9 Å². The number of amides is 3. The number of nitrogens with zero attached hydrogens (tertiary/aromatic N) is 2. The lowest BCUT2D eigenvalue weighted by atomic mass is 9.99. The maximum atomic E-state index is 13.1. The number of benzene rings is 2. The van der Waals surface area contributed by atoms with Crippen molar-refractivity contribution in [3.8, 4) is 0 Å². The van der Waals surface area contributed by atoms with Crippen molar-refractivity contribution in [3.05, 3.63) is 70.8 Å². The van der Waals surface area contributed by atoms with Gasteiger partial charge in [0.15, 0.2) is 0 Å². The van der Waals surface area contributed by atoms with Gasteiger partial charge in [0.25, 0.3) is 5.91 Å². The van der Waals surface area contributed by atoms with Crippen LogP contribution in [0.15, 0.2) is 48.5 Å². The van der Waals surface area contributed by atoms with Crippen LogP contribution in [0.2, 0.25) is 0 Å². The Kier molecular flexibility index (Phi) is 5.29. The quantitative estimate of drug-likeness (QED) is 0.737. The minimum absolute atomic E-state index is 0.119. The predicted octanol–water partition coefficient (Wildman–Crippen LogP) is 1.59. The Labute approximate surface area is 181 Å². The number of piperidine rings is 1. The van der Waals surface area contributed by atoms with E-state index >= 15 is 0 Å². The van der Waals surface area contributed by atoms with Crippen LogP contribution in [-0.2, 0) is 22.7 Å². The zero-order chi connectivity index (χ0) is 21.4. The van der Waals surface area contributed by atoms with Gasteiger partial charge in [0, 0.05) is 50.7 Å². The standard InChI is InChI=1S/C24H26N4O3/c29-22-10-9-20(23(30)26-22)28-15-19-17(7-4-8-18(19)24(28)31)14-27-12-11-25-13-21(27)16-5-2-1-3-6-16/h1-8,20-21,25H,9-15H2,(H,26,29,30)/t20?,21-/m1/s1. The Morgan fingerprint density at radius 2 is 1.81 bits per heavy atom. The van der Waals surface area contributed by atoms with Gasteiger partial charge in [-0.05, 0) is 29.2 Å². The Hall–Kier alpha value is -3.03. The Morgan fingerprint density at radius 1 is 0.968 bits per heavy atom. The minimum Gasteiger partial charge on any atom is -0.322 e. The van der Waals surface area contributed by atoms with E-state index in [4.69, 9.17) is 0 Å². The van der Waals surface area contributed by atoms with Crippen molar-refractivity contribution in [3.63, 3.8) is 0 Å². The van der Waals surface area contributed by atoms with E-state index < -0.39 is 6.04 Å². The van der Waals surface area contributed by atoms with Gasteiger partial charge in [-0.2, -0.15) is 0 Å². The molecule has 31 heavy (non-hydrogen) atoms. The molecule has 2 N–H and O–H groups in total. The first-order chi connectivity index (χ1) is 15.1. The molecule has 3 aliphatic rings. The monoisotopic (exact) mass is 418 g/mol. The lowest BCUT2D eigenvalue weighted by Gasteiger charge is -2.37. The number of imide groups is 1. The Morgan fingerprint density at radius 3 is 2.61 bits per heavy atom. The van der Waals surface area contributed by atoms with Gasteiger partial charge in [-0.25, -0.2) is 0 Å². The third kappa shape index (κ3) is 3.75. The van der Waals surface area contributed by atoms with Crippen molar-refractivity contribution in [2.45, 2.75) is 38.0 Å². The molecule has 3 heterocycles. The van der Waals surface area contributed by atoms with Gasteiger partial charge in [-0.15, -0.1) is 0 Å². The molecule has 7 heteroatoms. The van der Waals surface area contributed by atoms with Crippen LogP contribution in [-0.4, -0.2) is 53.2 Å². The van der Waals surface area contributed by atoms with E-state index in [0.29, 0.717) is 18.5 Å². The molecule has 2 fully saturated rings. The molecular weight excluding hydrogens is 392 g/mol. The van der Waals surface area contributed by atoms with E-state index in [9.17, 15) is 14.4 Å². The molecule has 0 bridgehead atoms. The van der Waals surface area contributed by atoms with Crippen LogP contribution >= 0.6 is 0 Å². The van der Waals surface area contributed by atoms with Crippen LogP contribution < -0.4 is 10.6 Å². The van der Waals surface area contributed by atoms with Crippen molar-refractivity contribution in [2.75, 3.05) is 19.6 Å². The number of rotatable bonds is 4. The molecule has 0 aromatic heterocycles. The second kappa shape index (κ2) is 8.24. The number of piperazine rings is 1. The molecule has 0 aliphatic carbocycles. The molecular formula is C24H26N4O3. The zero-order valence-electron chi connectivity index (χ0n) is 17.3. The van der Waals surface area contributed by atoms with E-state index in [0.717, 1.165) is 37.3 Å². The minimum atomic E-state index is -0.582. The summed E-state index contributed by atoms with van der Waals surface area (Å²) in [6, 6.07) is 16.0. The van der Waals surface area contributed by atoms with Gasteiger partial charge in [-0.1, -0.05) is 42.5 Å². The normalized spacial score (nSPS) is 24.3. The van der Waals surface area contributed by atoms with Crippen molar-refractivity contribution >= 4 is 17.7 Å². The van der Waals surface area contributed by atoms with Gasteiger partial charge in [0.2, 0.25) is 11.8 Å². The molecule has 2 atom stereocenters. The topological polar surface area (TPSA) is 81.8 Å². The second-order valence-electron chi connectivity index (χ2n) is 8.44. The van der Waals surface area contributed by atoms with Crippen molar-refractivity contribution in [1.82, 2.24) is 20.4 Å². The molecule has 3 aliphatic heterocycles. The van der Waals surface area contributed by atoms with Crippen LogP contribution in [0.5, 0.6) is 0 Å². The zero-order valence-corrected chi connectivity index (χ0v) is 17.3. The summed E-state index contributed by atoms with van der Waals surface area (Å²) in [7, 11) is 0. The van der Waals surface area contributed by atoms with Gasteiger partial charge < -0.3 is 10.2 Å². The number of carbonyl (C=O) groups is 3. The van der Waals surface area contributed by atoms with E-state index in [-0.39, 0.29) is 30.2 Å². The molecule has 0 saturated carbocycles. The van der Waals surface area contributed by atoms with Gasteiger partial charge in [0.05, 0.1) is 0 Å². The average molecular weight is 418 g/mol. The second-order valence-corrected chi connectivity index (χ2v) is 8.44. The third-order valence-electron chi connectivity index (χ3n) is 6.59. The van der Waals surface area contributed by atoms with Gasteiger partial charge in [0.1, 0.15) is 6.04 Å². The maximum Gasteiger partial charge on any atom is 0.255 e. The summed E-state index contributed by atoms with van der Waals surface area (Å²) < 4.78 is 0. The third-order valence-corrected chi connectivity index (χ3v) is 6.59. The molecule has 1 unspecified atom stereocenters. The molecule has 2 aromatic carbocycles. The Bertz CT molecular complexity index is 1020. The first-order valence-corrected chi connectivity index (χ1v) is 10.9. The summed E-state index contributed by atoms with van der Waals surface area (Å²) >= 11 is 0. The lowest BCUT2D eigenvalue weighted by molar-refractivity contribution is -0.136. The lowest BCUT2D eigenvalue weighted by Crippen LogP contribution is -2.52. The van der Waals surface area contributed by atoms with Crippen LogP contribution in [0.4, 0.5) is 0 Å². The average Bonchev–Trinajstić information content (AvgIpc) is 3.12. The van der Waals surface area contributed by atoms with Crippen molar-refractivity contribution in [1.29, 1.82) is 0 Å². The van der Waals surface area contributed by atoms with Crippen LogP contribution in [0.3, 0.4) is 0 Å². The van der Waals surface area contributed by atoms with E-state index in [1.165, 1.54) is 5.56 Å². The highest BCUT2D eigenvalue weighted by atomic mass is 16.2. The summed E-state index contributed by atoms with van der Waals surface area (Å²) in [6.45, 7) is 3.91. The summed E-state index contributed by atoms with van der Waals surface area (Å²) in [6.07, 6.45) is 0.649. The highest BCUT2D eigenvalue weighted by Crippen LogP contribution is 2.32. The van der Waals surface area contributed by atoms with Crippen molar-refractivity contribution in [2.24, 2.45) is 0 Å². The van der Waals surface area contributed by atoms with Crippen LogP contribution in [0.1, 0.15) is 45.9 Å². The molecule has 5 rings (SSSR count). The van der Waals surface area contributed by atoms with Crippen LogP contribution in [0.25, 0.3) is 0 Å². The number of hydrogen-bond acceptors (Lipinski definition) is 5. The molecule has 2 saturated heterocycles. The fraction of sp³-hybridized carbons (Fsp3) is 0.375. The Balaban J connectivity index is 1.39. The number of nitrogens with one attached hydrogen (secondary N) is 2. The molecule has 160 valence electrons. The number of hydrogen-bond donors (Lipinski definition) is 2. The molecule has 2 aromatic rings. The predicted molar refractivity (Wildman–Crippen MR) is 115 cm³/mol. The summed E-state index contributed by atoms with van der Waals surface area (Å²) in [5.41, 5.74) is 4.09. The molecule has 0 radical (unpaired) electrons. The number of carbonyl (C=O) groups excluding carboxylic acids is 3. The smallest absolute Gasteiger partial charge is 0.255 e. The molecule has 0 spiro atoms. The first kappa shape index (κ1) is 19.9. The maximum absolute atomic E-state index is 13.1. The van der Waals surface area contributed by atoms with Crippen LogP contribution in [0, 0.1) is 0 Å². The van der Waals surface area contributed by atoms with Crippen molar-refractivity contribution < 1.29 is 14.4 Å². The fourth-order valence-corrected chi connectivity index (χ4v) is 4.96. The highest BCUT2D eigenvalue weighted by molar-refractivity contribution is 6.05. The van der Waals surface area contributed by atoms with Gasteiger partial charge in [-0.3, -0.25) is 24.6 Å². The fourth-order valence-electron chi connectivity index (χ4n) is 4.96.